The molecule has 1 aliphatic rings. The van der Waals surface area contributed by atoms with E-state index in [0.717, 1.165) is 12.0 Å². The second kappa shape index (κ2) is 9.34. The number of allylic oxidation sites excluding steroid dienone is 4. The van der Waals surface area contributed by atoms with Crippen LogP contribution in [-0.4, -0.2) is 33.8 Å². The number of rotatable bonds is 7. The Bertz CT molecular complexity index is 1020. The first-order chi connectivity index (χ1) is 14.4. The summed E-state index contributed by atoms with van der Waals surface area (Å²) in [6, 6.07) is 5.52. The van der Waals surface area contributed by atoms with Crippen LogP contribution in [0.2, 0.25) is 0 Å². The number of carbonyl (C=O) groups is 2. The first kappa shape index (κ1) is 21.9. The fraction of sp³-hybridized carbons (Fsp3) is 0.348. The average molecular weight is 425 g/mol. The van der Waals surface area contributed by atoms with Crippen molar-refractivity contribution in [1.82, 2.24) is 15.1 Å². The third-order valence-electron chi connectivity index (χ3n) is 5.34. The molecule has 6 nitrogen and oxygen atoms in total. The smallest absolute Gasteiger partial charge is 0.251 e. The number of anilines is 1. The lowest BCUT2D eigenvalue weighted by molar-refractivity contribution is 0.0933. The predicted octanol–water partition coefficient (Wildman–Crippen LogP) is 4.33. The van der Waals surface area contributed by atoms with Crippen LogP contribution in [0.5, 0.6) is 0 Å². The number of benzene rings is 1. The standard InChI is InChI=1S/C23H28N4O2S/c1-5-15(3)25-22(29)17-12-11-14(2)18(13-17)27-21(24)19(23(26-27)30-4)20(28)16-9-7-6-8-10-16/h6-9,11-13,15-16H,5,10,24H2,1-4H3,(H,25,29). The highest BCUT2D eigenvalue weighted by Gasteiger charge is 2.28. The maximum absolute atomic E-state index is 13.2. The molecule has 158 valence electrons. The van der Waals surface area contributed by atoms with E-state index in [2.05, 4.69) is 10.4 Å². The van der Waals surface area contributed by atoms with Crippen LogP contribution >= 0.6 is 11.8 Å². The molecule has 0 spiro atoms. The molecule has 1 aromatic carbocycles. The molecule has 0 fully saturated rings. The molecular weight excluding hydrogens is 396 g/mol. The van der Waals surface area contributed by atoms with Crippen molar-refractivity contribution >= 4 is 29.3 Å². The van der Waals surface area contributed by atoms with E-state index in [1.165, 1.54) is 11.8 Å². The zero-order chi connectivity index (χ0) is 21.8. The van der Waals surface area contributed by atoms with Gasteiger partial charge < -0.3 is 11.1 Å². The summed E-state index contributed by atoms with van der Waals surface area (Å²) in [4.78, 5) is 25.8. The third kappa shape index (κ3) is 4.36. The van der Waals surface area contributed by atoms with Crippen LogP contribution in [0.1, 0.15) is 53.0 Å². The van der Waals surface area contributed by atoms with Crippen LogP contribution in [0.25, 0.3) is 5.69 Å². The lowest BCUT2D eigenvalue weighted by Gasteiger charge is -2.14. The predicted molar refractivity (Wildman–Crippen MR) is 122 cm³/mol. The van der Waals surface area contributed by atoms with E-state index in [1.54, 1.807) is 16.8 Å². The van der Waals surface area contributed by atoms with Crippen molar-refractivity contribution in [2.75, 3.05) is 12.0 Å². The molecule has 2 unspecified atom stereocenters. The molecule has 0 radical (unpaired) electrons. The second-order valence-corrected chi connectivity index (χ2v) is 8.28. The van der Waals surface area contributed by atoms with Crippen LogP contribution < -0.4 is 11.1 Å². The number of hydrogen-bond acceptors (Lipinski definition) is 5. The summed E-state index contributed by atoms with van der Waals surface area (Å²) >= 11 is 1.39. The fourth-order valence-corrected chi connectivity index (χ4v) is 3.89. The molecule has 30 heavy (non-hydrogen) atoms. The fourth-order valence-electron chi connectivity index (χ4n) is 3.32. The molecular formula is C23H28N4O2S. The van der Waals surface area contributed by atoms with Crippen molar-refractivity contribution in [3.63, 3.8) is 0 Å². The quantitative estimate of drug-likeness (QED) is 0.510. The number of thioether (sulfide) groups is 1. The minimum Gasteiger partial charge on any atom is -0.383 e. The van der Waals surface area contributed by atoms with E-state index < -0.39 is 0 Å². The van der Waals surface area contributed by atoms with E-state index in [1.807, 2.05) is 57.4 Å². The largest absolute Gasteiger partial charge is 0.383 e. The van der Waals surface area contributed by atoms with Crippen molar-refractivity contribution in [2.24, 2.45) is 5.92 Å². The number of Topliss-reactive ketones (excluding diaryl/α,β-unsaturated/α-hetero) is 1. The molecule has 1 aliphatic carbocycles. The Morgan fingerprint density at radius 2 is 2.13 bits per heavy atom. The Hall–Kier alpha value is -2.80. The molecule has 7 heteroatoms. The maximum atomic E-state index is 13.2. The minimum absolute atomic E-state index is 0.0352. The maximum Gasteiger partial charge on any atom is 0.251 e. The second-order valence-electron chi connectivity index (χ2n) is 7.48. The Morgan fingerprint density at radius 1 is 1.37 bits per heavy atom. The van der Waals surface area contributed by atoms with Crippen molar-refractivity contribution in [3.8, 4) is 5.69 Å². The van der Waals surface area contributed by atoms with Gasteiger partial charge >= 0.3 is 0 Å². The van der Waals surface area contributed by atoms with Crippen LogP contribution in [0.4, 0.5) is 5.82 Å². The third-order valence-corrected chi connectivity index (χ3v) is 6.01. The van der Waals surface area contributed by atoms with Gasteiger partial charge in [-0.25, -0.2) is 4.68 Å². The Balaban J connectivity index is 2.02. The van der Waals surface area contributed by atoms with Crippen molar-refractivity contribution in [3.05, 3.63) is 59.2 Å². The highest BCUT2D eigenvalue weighted by atomic mass is 32.2. The number of nitrogens with two attached hydrogens (primary N) is 1. The monoisotopic (exact) mass is 424 g/mol. The normalized spacial score (nSPS) is 16.5. The molecule has 0 saturated carbocycles. The number of amides is 1. The topological polar surface area (TPSA) is 90.0 Å². The van der Waals surface area contributed by atoms with E-state index >= 15 is 0 Å². The summed E-state index contributed by atoms with van der Waals surface area (Å²) in [5.41, 5.74) is 9.02. The van der Waals surface area contributed by atoms with Gasteiger partial charge in [0.05, 0.1) is 11.3 Å². The van der Waals surface area contributed by atoms with E-state index in [4.69, 9.17) is 5.73 Å². The summed E-state index contributed by atoms with van der Waals surface area (Å²) in [6.45, 7) is 5.92. The molecule has 0 aliphatic heterocycles. The minimum atomic E-state index is -0.241. The van der Waals surface area contributed by atoms with Crippen LogP contribution in [-0.2, 0) is 0 Å². The van der Waals surface area contributed by atoms with Gasteiger partial charge in [0.15, 0.2) is 5.78 Å². The van der Waals surface area contributed by atoms with Gasteiger partial charge in [0.2, 0.25) is 0 Å². The number of nitrogen functional groups attached to an aromatic ring is 1. The lowest BCUT2D eigenvalue weighted by Crippen LogP contribution is -2.32. The van der Waals surface area contributed by atoms with Gasteiger partial charge in [-0.15, -0.1) is 11.8 Å². The molecule has 1 heterocycles. The number of aryl methyl sites for hydroxylation is 1. The highest BCUT2D eigenvalue weighted by Crippen LogP contribution is 2.32. The SMILES string of the molecule is CCC(C)NC(=O)c1ccc(C)c(-n2nc(SC)c(C(=O)C3C=CC=CC3)c2N)c1. The molecule has 1 aromatic heterocycles. The Kier molecular flexibility index (Phi) is 6.82. The van der Waals surface area contributed by atoms with Gasteiger partial charge in [-0.1, -0.05) is 37.3 Å². The first-order valence-corrected chi connectivity index (χ1v) is 11.3. The average Bonchev–Trinajstić information content (AvgIpc) is 3.10. The van der Waals surface area contributed by atoms with Gasteiger partial charge in [-0.3, -0.25) is 9.59 Å². The van der Waals surface area contributed by atoms with E-state index in [-0.39, 0.29) is 23.7 Å². The molecule has 0 saturated heterocycles. The lowest BCUT2D eigenvalue weighted by atomic mass is 9.93. The first-order valence-electron chi connectivity index (χ1n) is 10.1. The zero-order valence-electron chi connectivity index (χ0n) is 17.8. The Morgan fingerprint density at radius 3 is 2.77 bits per heavy atom. The number of aromatic nitrogens is 2. The summed E-state index contributed by atoms with van der Waals surface area (Å²) in [5, 5.41) is 8.18. The molecule has 3 rings (SSSR count). The number of carbonyl (C=O) groups excluding carboxylic acids is 2. The Labute approximate surface area is 181 Å². The summed E-state index contributed by atoms with van der Waals surface area (Å²) in [7, 11) is 0. The molecule has 1 amide bonds. The van der Waals surface area contributed by atoms with Crippen molar-refractivity contribution in [2.45, 2.75) is 44.7 Å². The van der Waals surface area contributed by atoms with Crippen LogP contribution in [0, 0.1) is 12.8 Å². The summed E-state index contributed by atoms with van der Waals surface area (Å²) in [6.07, 6.45) is 11.1. The van der Waals surface area contributed by atoms with Crippen LogP contribution in [0.15, 0.2) is 47.5 Å². The molecule has 2 atom stereocenters. The van der Waals surface area contributed by atoms with Gasteiger partial charge in [0, 0.05) is 17.5 Å². The number of nitrogens with one attached hydrogen (secondary N) is 1. The van der Waals surface area contributed by atoms with Gasteiger partial charge in [-0.2, -0.15) is 5.10 Å². The summed E-state index contributed by atoms with van der Waals surface area (Å²) in [5.74, 6) is -0.117. The molecule has 3 N–H and O–H groups in total. The molecule has 0 bridgehead atoms. The molecule has 2 aromatic rings. The van der Waals surface area contributed by atoms with Crippen LogP contribution in [0.3, 0.4) is 0 Å². The van der Waals surface area contributed by atoms with Gasteiger partial charge in [0.25, 0.3) is 5.91 Å². The highest BCUT2D eigenvalue weighted by molar-refractivity contribution is 7.98. The number of hydrogen-bond donors (Lipinski definition) is 2. The van der Waals surface area contributed by atoms with E-state index in [0.29, 0.717) is 34.1 Å². The van der Waals surface area contributed by atoms with Crippen molar-refractivity contribution in [1.29, 1.82) is 0 Å². The van der Waals surface area contributed by atoms with Gasteiger partial charge in [0.1, 0.15) is 10.8 Å². The van der Waals surface area contributed by atoms with Gasteiger partial charge in [-0.05, 0) is 50.6 Å². The summed E-state index contributed by atoms with van der Waals surface area (Å²) < 4.78 is 1.58. The zero-order valence-corrected chi connectivity index (χ0v) is 18.6. The number of nitrogens with zero attached hydrogens (tertiary/aromatic N) is 2. The van der Waals surface area contributed by atoms with Crippen molar-refractivity contribution < 1.29 is 9.59 Å². The van der Waals surface area contributed by atoms with E-state index in [9.17, 15) is 9.59 Å². The number of ketones is 1.